The molecule has 1 spiro atoms. The first-order chi connectivity index (χ1) is 13.0. The minimum absolute atomic E-state index is 0.0585. The molecule has 1 aromatic carbocycles. The molecule has 5 bridgehead atoms. The van der Waals surface area contributed by atoms with Crippen molar-refractivity contribution in [1.82, 2.24) is 4.90 Å². The van der Waals surface area contributed by atoms with Gasteiger partial charge in [0.1, 0.15) is 5.41 Å². The van der Waals surface area contributed by atoms with Crippen LogP contribution in [-0.2, 0) is 14.9 Å². The van der Waals surface area contributed by atoms with E-state index < -0.39 is 11.5 Å². The summed E-state index contributed by atoms with van der Waals surface area (Å²) in [6, 6.07) is 9.09. The van der Waals surface area contributed by atoms with Crippen LogP contribution < -0.4 is 4.90 Å². The number of anilines is 1. The summed E-state index contributed by atoms with van der Waals surface area (Å²) in [7, 11) is 3.63. The standard InChI is InChI=1S/C22H26N2O3/c1-4-12-11-24-16-9-14(12)22(20(26)27-3)17(24)10-21(19(22)25)13-7-5-6-8-15(13)23(2)18(16)21/h4-8,14,16-19,25H,9-11H2,1-3H3/b12-4-/t14-,16-,17-,18+,19-,21?,22+/m0/s1. The molecule has 6 aliphatic rings. The summed E-state index contributed by atoms with van der Waals surface area (Å²) in [4.78, 5) is 18.2. The average Bonchev–Trinajstić information content (AvgIpc) is 3.08. The van der Waals surface area contributed by atoms with Gasteiger partial charge in [0, 0.05) is 42.7 Å². The van der Waals surface area contributed by atoms with Gasteiger partial charge in [-0.1, -0.05) is 29.8 Å². The normalized spacial score (nSPS) is 49.5. The van der Waals surface area contributed by atoms with Crippen molar-refractivity contribution in [3.63, 3.8) is 0 Å². The molecule has 2 unspecified atom stereocenters. The third kappa shape index (κ3) is 1.40. The molecule has 1 aromatic rings. The van der Waals surface area contributed by atoms with E-state index >= 15 is 0 Å². The van der Waals surface area contributed by atoms with E-state index in [4.69, 9.17) is 4.74 Å². The van der Waals surface area contributed by atoms with Crippen molar-refractivity contribution in [2.45, 2.75) is 49.4 Å². The SMILES string of the molecule is C/C=C1/CN2[C@H]3CC45c6ccccc6N(C)[C@@H]4[C@@H]2C[C@@H]1[C@]3(C(=O)OC)[C@H]5O. The fraction of sp³-hybridized carbons (Fsp3) is 0.591. The second-order valence-corrected chi connectivity index (χ2v) is 9.05. The number of piperidine rings is 4. The van der Waals surface area contributed by atoms with Gasteiger partial charge in [-0.25, -0.2) is 0 Å². The van der Waals surface area contributed by atoms with Crippen molar-refractivity contribution in [3.05, 3.63) is 41.5 Å². The highest BCUT2D eigenvalue weighted by Gasteiger charge is 2.82. The first-order valence-corrected chi connectivity index (χ1v) is 10.0. The number of allylic oxidation sites excluding steroid dienone is 1. The smallest absolute Gasteiger partial charge is 0.316 e. The van der Waals surface area contributed by atoms with Crippen LogP contribution in [0.2, 0.25) is 0 Å². The number of hydrogen-bond donors (Lipinski definition) is 1. The van der Waals surface area contributed by atoms with Crippen molar-refractivity contribution in [2.75, 3.05) is 25.6 Å². The van der Waals surface area contributed by atoms with E-state index in [1.807, 2.05) is 0 Å². The highest BCUT2D eigenvalue weighted by molar-refractivity contribution is 5.84. The number of carbonyl (C=O) groups is 1. The minimum Gasteiger partial charge on any atom is -0.468 e. The maximum Gasteiger partial charge on any atom is 0.316 e. The highest BCUT2D eigenvalue weighted by atomic mass is 16.5. The third-order valence-corrected chi connectivity index (χ3v) is 8.72. The Kier molecular flexibility index (Phi) is 2.84. The number of para-hydroxylation sites is 1. The molecular formula is C22H26N2O3. The maximum atomic E-state index is 13.3. The number of rotatable bonds is 1. The predicted octanol–water partition coefficient (Wildman–Crippen LogP) is 1.70. The van der Waals surface area contributed by atoms with Gasteiger partial charge >= 0.3 is 5.97 Å². The average molecular weight is 366 g/mol. The molecule has 5 heteroatoms. The Balaban J connectivity index is 1.67. The molecule has 5 nitrogen and oxygen atoms in total. The first-order valence-electron chi connectivity index (χ1n) is 10.0. The van der Waals surface area contributed by atoms with E-state index in [0.717, 1.165) is 19.4 Å². The van der Waals surface area contributed by atoms with E-state index in [2.05, 4.69) is 54.1 Å². The Hall–Kier alpha value is -1.85. The van der Waals surface area contributed by atoms with E-state index in [-0.39, 0.29) is 29.4 Å². The Labute approximate surface area is 159 Å². The number of nitrogens with zero attached hydrogens (tertiary/aromatic N) is 2. The Morgan fingerprint density at radius 3 is 2.89 bits per heavy atom. The molecule has 1 saturated carbocycles. The molecule has 0 radical (unpaired) electrons. The number of carbonyl (C=O) groups excluding carboxylic acids is 1. The Morgan fingerprint density at radius 2 is 2.15 bits per heavy atom. The Bertz CT molecular complexity index is 897. The lowest BCUT2D eigenvalue weighted by Gasteiger charge is -2.61. The number of fused-ring (bicyclic) bond motifs is 2. The van der Waals surface area contributed by atoms with Crippen molar-refractivity contribution >= 4 is 11.7 Å². The van der Waals surface area contributed by atoms with Gasteiger partial charge in [-0.2, -0.15) is 0 Å². The number of esters is 1. The van der Waals surface area contributed by atoms with Gasteiger partial charge in [0.15, 0.2) is 0 Å². The van der Waals surface area contributed by atoms with Crippen LogP contribution in [0.25, 0.3) is 0 Å². The molecule has 0 aromatic heterocycles. The lowest BCUT2D eigenvalue weighted by atomic mass is 9.58. The molecule has 5 fully saturated rings. The topological polar surface area (TPSA) is 53.0 Å². The van der Waals surface area contributed by atoms with E-state index in [1.54, 1.807) is 0 Å². The summed E-state index contributed by atoms with van der Waals surface area (Å²) < 4.78 is 5.37. The van der Waals surface area contributed by atoms with Crippen molar-refractivity contribution in [1.29, 1.82) is 0 Å². The van der Waals surface area contributed by atoms with Crippen LogP contribution in [-0.4, -0.2) is 60.9 Å². The van der Waals surface area contributed by atoms with Crippen molar-refractivity contribution in [2.24, 2.45) is 11.3 Å². The van der Waals surface area contributed by atoms with Gasteiger partial charge in [0.25, 0.3) is 0 Å². The Morgan fingerprint density at radius 1 is 1.37 bits per heavy atom. The number of likely N-dealkylation sites (N-methyl/N-ethyl adjacent to an activating group) is 1. The third-order valence-electron chi connectivity index (χ3n) is 8.72. The van der Waals surface area contributed by atoms with Gasteiger partial charge in [-0.3, -0.25) is 9.69 Å². The summed E-state index contributed by atoms with van der Waals surface area (Å²) in [6.07, 6.45) is 3.19. The molecule has 142 valence electrons. The van der Waals surface area contributed by atoms with E-state index in [0.29, 0.717) is 6.04 Å². The summed E-state index contributed by atoms with van der Waals surface area (Å²) in [6.45, 7) is 2.97. The number of methoxy groups -OCH3 is 1. The minimum atomic E-state index is -0.849. The van der Waals surface area contributed by atoms with Gasteiger partial charge < -0.3 is 14.7 Å². The van der Waals surface area contributed by atoms with Crippen molar-refractivity contribution in [3.8, 4) is 0 Å². The zero-order valence-electron chi connectivity index (χ0n) is 16.1. The van der Waals surface area contributed by atoms with E-state index in [9.17, 15) is 9.90 Å². The summed E-state index contributed by atoms with van der Waals surface area (Å²) in [5.41, 5.74) is 2.48. The van der Waals surface area contributed by atoms with Gasteiger partial charge in [0.05, 0.1) is 19.3 Å². The zero-order chi connectivity index (χ0) is 18.7. The summed E-state index contributed by atoms with van der Waals surface area (Å²) >= 11 is 0. The molecule has 5 aliphatic heterocycles. The molecule has 1 N–H and O–H groups in total. The summed E-state index contributed by atoms with van der Waals surface area (Å²) in [5, 5.41) is 12.0. The van der Waals surface area contributed by atoms with Crippen LogP contribution in [0.1, 0.15) is 25.3 Å². The fourth-order valence-corrected chi connectivity index (χ4v) is 7.97. The number of benzene rings is 1. The van der Waals surface area contributed by atoms with Crippen LogP contribution in [0.15, 0.2) is 35.9 Å². The van der Waals surface area contributed by atoms with Gasteiger partial charge in [0.2, 0.25) is 0 Å². The fourth-order valence-electron chi connectivity index (χ4n) is 7.97. The summed E-state index contributed by atoms with van der Waals surface area (Å²) in [5.74, 6) is -0.146. The lowest BCUT2D eigenvalue weighted by Crippen LogP contribution is -2.71. The van der Waals surface area contributed by atoms with Gasteiger partial charge in [-0.15, -0.1) is 0 Å². The lowest BCUT2D eigenvalue weighted by molar-refractivity contribution is -0.179. The second-order valence-electron chi connectivity index (χ2n) is 9.05. The van der Waals surface area contributed by atoms with Crippen LogP contribution in [0.4, 0.5) is 5.69 Å². The first kappa shape index (κ1) is 16.1. The van der Waals surface area contributed by atoms with Crippen molar-refractivity contribution < 1.29 is 14.6 Å². The van der Waals surface area contributed by atoms with E-state index in [1.165, 1.54) is 23.9 Å². The zero-order valence-corrected chi connectivity index (χ0v) is 16.1. The molecule has 0 amide bonds. The molecule has 1 aliphatic carbocycles. The number of ether oxygens (including phenoxy) is 1. The quantitative estimate of drug-likeness (QED) is 0.606. The highest BCUT2D eigenvalue weighted by Crippen LogP contribution is 2.72. The molecule has 8 atom stereocenters. The second kappa shape index (κ2) is 4.76. The van der Waals surface area contributed by atoms with Crippen LogP contribution >= 0.6 is 0 Å². The van der Waals surface area contributed by atoms with Crippen LogP contribution in [0.5, 0.6) is 0 Å². The predicted molar refractivity (Wildman–Crippen MR) is 102 cm³/mol. The monoisotopic (exact) mass is 366 g/mol. The van der Waals surface area contributed by atoms with Crippen LogP contribution in [0.3, 0.4) is 0 Å². The number of aliphatic hydroxyl groups is 1. The molecule has 7 rings (SSSR count). The molecule has 4 saturated heterocycles. The number of hydrogen-bond acceptors (Lipinski definition) is 5. The van der Waals surface area contributed by atoms with Crippen LogP contribution in [0, 0.1) is 11.3 Å². The molecular weight excluding hydrogens is 340 g/mol. The number of aliphatic hydroxyl groups excluding tert-OH is 1. The molecule has 27 heavy (non-hydrogen) atoms. The maximum absolute atomic E-state index is 13.3. The molecule has 5 heterocycles. The van der Waals surface area contributed by atoms with Gasteiger partial charge in [-0.05, 0) is 31.4 Å². The largest absolute Gasteiger partial charge is 0.468 e.